The number of amides is 1. The summed E-state index contributed by atoms with van der Waals surface area (Å²) >= 11 is 9.05. The van der Waals surface area contributed by atoms with Crippen LogP contribution in [0.25, 0.3) is 0 Å². The average Bonchev–Trinajstić information content (AvgIpc) is 2.15. The van der Waals surface area contributed by atoms with Crippen LogP contribution in [0.2, 0.25) is 5.02 Å². The molecule has 1 rings (SSSR count). The normalized spacial score (nSPS) is 11.9. The summed E-state index contributed by atoms with van der Waals surface area (Å²) in [6, 6.07) is 3.65. The maximum absolute atomic E-state index is 10.8. The standard InChI is InChI=1S/C9H7BrClNO3/c10-5-1-2-6(7(11)3-5)8(9(14)15)12-4-13/h1-4,8H,(H,12,13)(H,14,15). The van der Waals surface area contributed by atoms with Crippen LogP contribution in [0.5, 0.6) is 0 Å². The molecule has 6 heteroatoms. The molecule has 2 N–H and O–H groups in total. The Balaban J connectivity index is 3.10. The molecule has 0 radical (unpaired) electrons. The molecule has 0 aliphatic heterocycles. The summed E-state index contributed by atoms with van der Waals surface area (Å²) in [5, 5.41) is 11.3. The molecule has 1 aromatic rings. The highest BCUT2D eigenvalue weighted by molar-refractivity contribution is 9.10. The second-order valence-electron chi connectivity index (χ2n) is 2.72. The zero-order valence-electron chi connectivity index (χ0n) is 7.41. The lowest BCUT2D eigenvalue weighted by atomic mass is 10.1. The lowest BCUT2D eigenvalue weighted by Crippen LogP contribution is -2.27. The third kappa shape index (κ3) is 2.94. The molecule has 0 fully saturated rings. The predicted octanol–water partition coefficient (Wildman–Crippen LogP) is 1.97. The number of benzene rings is 1. The second kappa shape index (κ2) is 5.14. The number of rotatable bonds is 4. The summed E-state index contributed by atoms with van der Waals surface area (Å²) in [4.78, 5) is 21.1. The molecule has 0 bridgehead atoms. The number of carboxylic acids is 1. The summed E-state index contributed by atoms with van der Waals surface area (Å²) in [6.45, 7) is 0. The Labute approximate surface area is 99.4 Å². The topological polar surface area (TPSA) is 66.4 Å². The van der Waals surface area contributed by atoms with Crippen LogP contribution in [0.3, 0.4) is 0 Å². The summed E-state index contributed by atoms with van der Waals surface area (Å²) in [5.41, 5.74) is 0.347. The van der Waals surface area contributed by atoms with Gasteiger partial charge in [-0.2, -0.15) is 0 Å². The van der Waals surface area contributed by atoms with Crippen LogP contribution < -0.4 is 5.32 Å². The van der Waals surface area contributed by atoms with E-state index >= 15 is 0 Å². The van der Waals surface area contributed by atoms with Gasteiger partial charge in [-0.05, 0) is 12.1 Å². The fourth-order valence-electron chi connectivity index (χ4n) is 1.10. The number of carboxylic acid groups (broad SMARTS) is 1. The number of aliphatic carboxylic acids is 1. The highest BCUT2D eigenvalue weighted by Gasteiger charge is 2.21. The number of carbonyl (C=O) groups excluding carboxylic acids is 1. The smallest absolute Gasteiger partial charge is 0.330 e. The van der Waals surface area contributed by atoms with Crippen molar-refractivity contribution in [2.75, 3.05) is 0 Å². The second-order valence-corrected chi connectivity index (χ2v) is 4.04. The van der Waals surface area contributed by atoms with Crippen molar-refractivity contribution < 1.29 is 14.7 Å². The first-order chi connectivity index (χ1) is 7.06. The van der Waals surface area contributed by atoms with Crippen molar-refractivity contribution in [1.29, 1.82) is 0 Å². The Morgan fingerprint density at radius 2 is 2.27 bits per heavy atom. The van der Waals surface area contributed by atoms with Gasteiger partial charge in [-0.3, -0.25) is 4.79 Å². The number of hydrogen-bond donors (Lipinski definition) is 2. The number of carbonyl (C=O) groups is 2. The molecule has 1 amide bonds. The van der Waals surface area contributed by atoms with E-state index in [1.54, 1.807) is 18.2 Å². The molecule has 1 unspecified atom stereocenters. The lowest BCUT2D eigenvalue weighted by Gasteiger charge is -2.13. The summed E-state index contributed by atoms with van der Waals surface area (Å²) < 4.78 is 0.742. The van der Waals surface area contributed by atoms with Crippen molar-refractivity contribution in [2.45, 2.75) is 6.04 Å². The van der Waals surface area contributed by atoms with E-state index in [1.165, 1.54) is 0 Å². The molecule has 1 atom stereocenters. The third-order valence-electron chi connectivity index (χ3n) is 1.76. The van der Waals surface area contributed by atoms with Crippen molar-refractivity contribution in [3.05, 3.63) is 33.3 Å². The lowest BCUT2D eigenvalue weighted by molar-refractivity contribution is -0.140. The van der Waals surface area contributed by atoms with Gasteiger partial charge in [0.2, 0.25) is 6.41 Å². The van der Waals surface area contributed by atoms with Gasteiger partial charge in [0.05, 0.1) is 0 Å². The van der Waals surface area contributed by atoms with Crippen LogP contribution in [-0.4, -0.2) is 17.5 Å². The minimum Gasteiger partial charge on any atom is -0.479 e. The third-order valence-corrected chi connectivity index (χ3v) is 2.58. The molecule has 1 aromatic carbocycles. The summed E-state index contributed by atoms with van der Waals surface area (Å²) in [6.07, 6.45) is 0.331. The molecule has 0 saturated carbocycles. The first-order valence-electron chi connectivity index (χ1n) is 3.93. The molecule has 0 spiro atoms. The van der Waals surface area contributed by atoms with E-state index in [9.17, 15) is 9.59 Å². The molecule has 80 valence electrons. The van der Waals surface area contributed by atoms with Crippen LogP contribution in [-0.2, 0) is 9.59 Å². The van der Waals surface area contributed by atoms with E-state index in [0.29, 0.717) is 12.0 Å². The molecule has 4 nitrogen and oxygen atoms in total. The maximum Gasteiger partial charge on any atom is 0.330 e. The van der Waals surface area contributed by atoms with Crippen LogP contribution in [0, 0.1) is 0 Å². The van der Waals surface area contributed by atoms with Gasteiger partial charge in [-0.25, -0.2) is 4.79 Å². The Hall–Kier alpha value is -1.07. The zero-order valence-corrected chi connectivity index (χ0v) is 9.75. The average molecular weight is 293 g/mol. The van der Waals surface area contributed by atoms with Gasteiger partial charge in [0.15, 0.2) is 6.04 Å². The predicted molar refractivity (Wildman–Crippen MR) is 58.7 cm³/mol. The van der Waals surface area contributed by atoms with Crippen LogP contribution in [0.4, 0.5) is 0 Å². The van der Waals surface area contributed by atoms with E-state index in [1.807, 2.05) is 0 Å². The fraction of sp³-hybridized carbons (Fsp3) is 0.111. The highest BCUT2D eigenvalue weighted by Crippen LogP contribution is 2.26. The van der Waals surface area contributed by atoms with Crippen LogP contribution in [0.15, 0.2) is 22.7 Å². The Morgan fingerprint density at radius 1 is 1.60 bits per heavy atom. The molecular weight excluding hydrogens is 285 g/mol. The molecule has 0 saturated heterocycles. The minimum atomic E-state index is -1.16. The van der Waals surface area contributed by atoms with Gasteiger partial charge in [-0.15, -0.1) is 0 Å². The van der Waals surface area contributed by atoms with Gasteiger partial charge in [-0.1, -0.05) is 33.6 Å². The van der Waals surface area contributed by atoms with Crippen molar-refractivity contribution in [2.24, 2.45) is 0 Å². The van der Waals surface area contributed by atoms with E-state index in [-0.39, 0.29) is 5.02 Å². The van der Waals surface area contributed by atoms with E-state index < -0.39 is 12.0 Å². The summed E-state index contributed by atoms with van der Waals surface area (Å²) in [5.74, 6) is -1.16. The first-order valence-corrected chi connectivity index (χ1v) is 5.11. The van der Waals surface area contributed by atoms with Gasteiger partial charge >= 0.3 is 5.97 Å². The number of hydrogen-bond acceptors (Lipinski definition) is 2. The van der Waals surface area contributed by atoms with Crippen LogP contribution >= 0.6 is 27.5 Å². The molecular formula is C9H7BrClNO3. The van der Waals surface area contributed by atoms with Gasteiger partial charge < -0.3 is 10.4 Å². The fourth-order valence-corrected chi connectivity index (χ4v) is 1.88. The Kier molecular flexibility index (Phi) is 4.11. The Morgan fingerprint density at radius 3 is 2.73 bits per heavy atom. The van der Waals surface area contributed by atoms with Crippen LogP contribution in [0.1, 0.15) is 11.6 Å². The van der Waals surface area contributed by atoms with E-state index in [0.717, 1.165) is 4.47 Å². The van der Waals surface area contributed by atoms with Crippen molar-refractivity contribution in [1.82, 2.24) is 5.32 Å². The largest absolute Gasteiger partial charge is 0.479 e. The summed E-state index contributed by atoms with van der Waals surface area (Å²) in [7, 11) is 0. The molecule has 0 aliphatic rings. The van der Waals surface area contributed by atoms with Gasteiger partial charge in [0.25, 0.3) is 0 Å². The SMILES string of the molecule is O=CNC(C(=O)O)c1ccc(Br)cc1Cl. The molecule has 0 aliphatic carbocycles. The van der Waals surface area contributed by atoms with Crippen molar-refractivity contribution in [3.63, 3.8) is 0 Å². The van der Waals surface area contributed by atoms with Crippen molar-refractivity contribution in [3.8, 4) is 0 Å². The molecule has 0 heterocycles. The quantitative estimate of drug-likeness (QED) is 0.834. The van der Waals surface area contributed by atoms with Gasteiger partial charge in [0, 0.05) is 15.1 Å². The number of halogens is 2. The van der Waals surface area contributed by atoms with Gasteiger partial charge in [0.1, 0.15) is 0 Å². The zero-order chi connectivity index (χ0) is 11.4. The highest BCUT2D eigenvalue weighted by atomic mass is 79.9. The Bertz CT molecular complexity index is 397. The first kappa shape index (κ1) is 12.0. The van der Waals surface area contributed by atoms with Crippen molar-refractivity contribution >= 4 is 39.9 Å². The molecule has 15 heavy (non-hydrogen) atoms. The maximum atomic E-state index is 10.8. The van der Waals surface area contributed by atoms with E-state index in [2.05, 4.69) is 21.2 Å². The number of nitrogens with one attached hydrogen (secondary N) is 1. The minimum absolute atomic E-state index is 0.283. The monoisotopic (exact) mass is 291 g/mol. The molecule has 0 aromatic heterocycles. The van der Waals surface area contributed by atoms with E-state index in [4.69, 9.17) is 16.7 Å².